The van der Waals surface area contributed by atoms with E-state index < -0.39 is 0 Å². The molecule has 2 heteroatoms. The van der Waals surface area contributed by atoms with Crippen LogP contribution in [0.5, 0.6) is 0 Å². The third-order valence-corrected chi connectivity index (χ3v) is 12.2. The van der Waals surface area contributed by atoms with Gasteiger partial charge in [0, 0.05) is 11.4 Å². The molecule has 0 radical (unpaired) electrons. The van der Waals surface area contributed by atoms with E-state index in [-0.39, 0.29) is 11.5 Å². The lowest BCUT2D eigenvalue weighted by molar-refractivity contribution is 0.500. The zero-order valence-electron chi connectivity index (χ0n) is 36.8. The molecule has 3 N–H and O–H groups in total. The van der Waals surface area contributed by atoms with E-state index in [1.165, 1.54) is 66.9 Å². The van der Waals surface area contributed by atoms with Gasteiger partial charge in [0.15, 0.2) is 0 Å². The molecule has 0 fully saturated rings. The van der Waals surface area contributed by atoms with Crippen molar-refractivity contribution in [1.29, 1.82) is 0 Å². The van der Waals surface area contributed by atoms with Crippen LogP contribution >= 0.6 is 0 Å². The number of hydrogen-bond donors (Lipinski definition) is 2. The highest BCUT2D eigenvalue weighted by molar-refractivity contribution is 5.83. The van der Waals surface area contributed by atoms with Crippen LogP contribution in [0.1, 0.15) is 82.7 Å². The maximum absolute atomic E-state index is 6.66. The molecule has 0 saturated carbocycles. The van der Waals surface area contributed by atoms with Gasteiger partial charge in [-0.15, -0.1) is 0 Å². The molecule has 0 amide bonds. The molecular weight excluding hydrogens is 737 g/mol. The number of aryl methyl sites for hydroxylation is 3. The maximum atomic E-state index is 6.66. The van der Waals surface area contributed by atoms with Gasteiger partial charge in [0.1, 0.15) is 0 Å². The standard InChI is InChI=1S/C52H52N2.C7H8/c1-36-18-14-15-25-46(36)47-28-27-43(33-38(47)3)48-29-30-51-49(39(48)4)26-13-8-16-31-52(5,54-51)45-24-17-23-42(34-45)37(2)32-44(40-19-9-6-10-20-40)35-50(53)41-21-11-7-12-22-41;1-7-5-3-2-4-6-7/h6-15,17-25,27-30,32-35,37,54H,16,26,31,53H2,1-5H3;2-6H,1H3/b13-8-,44-32+,50-35-;. The van der Waals surface area contributed by atoms with Gasteiger partial charge >= 0.3 is 0 Å². The fourth-order valence-electron chi connectivity index (χ4n) is 8.53. The summed E-state index contributed by atoms with van der Waals surface area (Å²) in [5.41, 5.74) is 26.0. The number of nitrogens with two attached hydrogens (primary N) is 1. The molecule has 0 aromatic heterocycles. The predicted molar refractivity (Wildman–Crippen MR) is 264 cm³/mol. The minimum atomic E-state index is -0.261. The van der Waals surface area contributed by atoms with Crippen molar-refractivity contribution in [1.82, 2.24) is 0 Å². The van der Waals surface area contributed by atoms with Gasteiger partial charge in [-0.2, -0.15) is 0 Å². The fraction of sp³-hybridized carbons (Fsp3) is 0.186. The third-order valence-electron chi connectivity index (χ3n) is 12.2. The van der Waals surface area contributed by atoms with Gasteiger partial charge in [0.2, 0.25) is 0 Å². The first-order valence-electron chi connectivity index (χ1n) is 21.7. The highest BCUT2D eigenvalue weighted by atomic mass is 15.0. The van der Waals surface area contributed by atoms with Gasteiger partial charge in [-0.25, -0.2) is 0 Å². The summed E-state index contributed by atoms with van der Waals surface area (Å²) in [4.78, 5) is 0. The zero-order chi connectivity index (χ0) is 42.8. The first kappa shape index (κ1) is 42.5. The summed E-state index contributed by atoms with van der Waals surface area (Å²) in [7, 11) is 0. The molecule has 0 aliphatic carbocycles. The predicted octanol–water partition coefficient (Wildman–Crippen LogP) is 15.3. The van der Waals surface area contributed by atoms with Gasteiger partial charge < -0.3 is 11.1 Å². The van der Waals surface area contributed by atoms with Crippen molar-refractivity contribution in [3.63, 3.8) is 0 Å². The van der Waals surface area contributed by atoms with Crippen molar-refractivity contribution in [2.24, 2.45) is 5.73 Å². The maximum Gasteiger partial charge on any atom is 0.0600 e. The van der Waals surface area contributed by atoms with Crippen molar-refractivity contribution >= 4 is 17.0 Å². The second kappa shape index (κ2) is 19.6. The normalized spacial score (nSPS) is 16.4. The van der Waals surface area contributed by atoms with Gasteiger partial charge in [-0.05, 0) is 144 Å². The molecule has 61 heavy (non-hydrogen) atoms. The minimum absolute atomic E-state index is 0.164. The smallest absolute Gasteiger partial charge is 0.0600 e. The van der Waals surface area contributed by atoms with Gasteiger partial charge in [0.25, 0.3) is 0 Å². The van der Waals surface area contributed by atoms with Gasteiger partial charge in [-0.1, -0.05) is 195 Å². The van der Waals surface area contributed by atoms with Crippen LogP contribution in [0, 0.1) is 27.7 Å². The summed E-state index contributed by atoms with van der Waals surface area (Å²) < 4.78 is 0. The molecular formula is C59H60N2. The highest BCUT2D eigenvalue weighted by Crippen LogP contribution is 2.40. The Kier molecular flexibility index (Phi) is 13.7. The quantitative estimate of drug-likeness (QED) is 0.119. The molecule has 1 aliphatic rings. The van der Waals surface area contributed by atoms with Crippen molar-refractivity contribution in [2.45, 2.75) is 72.3 Å². The Hall–Kier alpha value is -6.64. The molecule has 1 aliphatic heterocycles. The summed E-state index contributed by atoms with van der Waals surface area (Å²) in [6, 6.07) is 60.4. The fourth-order valence-corrected chi connectivity index (χ4v) is 8.53. The van der Waals surface area contributed by atoms with Crippen LogP contribution in [0.3, 0.4) is 0 Å². The second-order valence-corrected chi connectivity index (χ2v) is 16.8. The molecule has 2 unspecified atom stereocenters. The van der Waals surface area contributed by atoms with E-state index in [1.54, 1.807) is 0 Å². The highest BCUT2D eigenvalue weighted by Gasteiger charge is 2.28. The van der Waals surface area contributed by atoms with Crippen molar-refractivity contribution in [3.8, 4) is 22.3 Å². The number of allylic oxidation sites excluding steroid dienone is 5. The lowest BCUT2D eigenvalue weighted by Crippen LogP contribution is -2.32. The molecule has 306 valence electrons. The lowest BCUT2D eigenvalue weighted by Gasteiger charge is -2.34. The van der Waals surface area contributed by atoms with E-state index in [4.69, 9.17) is 5.73 Å². The van der Waals surface area contributed by atoms with Crippen LogP contribution < -0.4 is 11.1 Å². The number of hydrogen-bond acceptors (Lipinski definition) is 2. The third kappa shape index (κ3) is 10.4. The van der Waals surface area contributed by atoms with E-state index in [2.05, 4.69) is 205 Å². The molecule has 8 rings (SSSR count). The molecule has 1 heterocycles. The molecule has 0 spiro atoms. The Bertz CT molecular complexity index is 2650. The summed E-state index contributed by atoms with van der Waals surface area (Å²) in [5, 5.41) is 4.10. The largest absolute Gasteiger partial charge is 0.398 e. The molecule has 2 atom stereocenters. The molecule has 0 saturated heterocycles. The zero-order valence-corrected chi connectivity index (χ0v) is 36.8. The van der Waals surface area contributed by atoms with E-state index in [0.29, 0.717) is 0 Å². The Balaban J connectivity index is 0.000000729. The van der Waals surface area contributed by atoms with Crippen LogP contribution in [-0.4, -0.2) is 0 Å². The molecule has 7 aromatic carbocycles. The van der Waals surface area contributed by atoms with Crippen molar-refractivity contribution in [3.05, 3.63) is 244 Å². The number of nitrogens with one attached hydrogen (secondary N) is 1. The average Bonchev–Trinajstić information content (AvgIpc) is 3.37. The van der Waals surface area contributed by atoms with Crippen molar-refractivity contribution < 1.29 is 0 Å². The minimum Gasteiger partial charge on any atom is -0.398 e. The number of fused-ring (bicyclic) bond motifs is 1. The lowest BCUT2D eigenvalue weighted by atomic mass is 9.84. The Morgan fingerprint density at radius 1 is 0.623 bits per heavy atom. The molecule has 7 aromatic rings. The Labute approximate surface area is 365 Å². The summed E-state index contributed by atoms with van der Waals surface area (Å²) in [6.07, 6.45) is 12.1. The molecule has 2 nitrogen and oxygen atoms in total. The van der Waals surface area contributed by atoms with Crippen LogP contribution in [0.25, 0.3) is 33.5 Å². The van der Waals surface area contributed by atoms with E-state index in [1.807, 2.05) is 36.4 Å². The summed E-state index contributed by atoms with van der Waals surface area (Å²) in [6.45, 7) is 13.5. The van der Waals surface area contributed by atoms with Crippen LogP contribution in [0.4, 0.5) is 5.69 Å². The van der Waals surface area contributed by atoms with Gasteiger partial charge in [0.05, 0.1) is 5.54 Å². The summed E-state index contributed by atoms with van der Waals surface area (Å²) in [5.74, 6) is 0.164. The number of rotatable bonds is 8. The van der Waals surface area contributed by atoms with Crippen molar-refractivity contribution in [2.75, 3.05) is 5.32 Å². The van der Waals surface area contributed by atoms with E-state index in [9.17, 15) is 0 Å². The number of anilines is 1. The van der Waals surface area contributed by atoms with Crippen LogP contribution in [0.2, 0.25) is 0 Å². The van der Waals surface area contributed by atoms with Crippen LogP contribution in [-0.2, 0) is 12.0 Å². The first-order chi connectivity index (χ1) is 29.6. The van der Waals surface area contributed by atoms with E-state index >= 15 is 0 Å². The van der Waals surface area contributed by atoms with E-state index in [0.717, 1.165) is 41.7 Å². The van der Waals surface area contributed by atoms with Gasteiger partial charge in [-0.3, -0.25) is 0 Å². The Morgan fingerprint density at radius 3 is 1.93 bits per heavy atom. The number of benzene rings is 7. The SMILES string of the molecule is Cc1ccccc1.Cc1ccccc1-c1ccc(-c2ccc3c(c2C)C/C=C\CCC(C)(c2cccc(C(C)/C=C(\C=C(/N)c4ccccc4)c4ccccc4)c2)N3)cc1C. The first-order valence-corrected chi connectivity index (χ1v) is 21.7. The topological polar surface area (TPSA) is 38.0 Å². The molecule has 0 bridgehead atoms. The second-order valence-electron chi connectivity index (χ2n) is 16.8. The summed E-state index contributed by atoms with van der Waals surface area (Å²) >= 11 is 0. The Morgan fingerprint density at radius 2 is 1.26 bits per heavy atom. The van der Waals surface area contributed by atoms with Crippen LogP contribution in [0.15, 0.2) is 194 Å². The monoisotopic (exact) mass is 796 g/mol. The average molecular weight is 797 g/mol.